The van der Waals surface area contributed by atoms with Gasteiger partial charge in [0.25, 0.3) is 0 Å². The molecule has 0 unspecified atom stereocenters. The second kappa shape index (κ2) is 8.91. The SMILES string of the molecule is COC(=O)[C@]1(CC[C@@]2(C(=O)OC)CCCN2)CCCN1.Cl.Cl. The topological polar surface area (TPSA) is 76.7 Å². The summed E-state index contributed by atoms with van der Waals surface area (Å²) in [5.74, 6) is -0.457. The molecule has 2 rings (SSSR count). The molecule has 0 aliphatic carbocycles. The Morgan fingerprint density at radius 1 is 0.864 bits per heavy atom. The Labute approximate surface area is 143 Å². The minimum Gasteiger partial charge on any atom is -0.468 e. The van der Waals surface area contributed by atoms with E-state index < -0.39 is 11.1 Å². The first-order valence-corrected chi connectivity index (χ1v) is 7.25. The van der Waals surface area contributed by atoms with Crippen LogP contribution in [0.1, 0.15) is 38.5 Å². The van der Waals surface area contributed by atoms with Crippen molar-refractivity contribution in [2.75, 3.05) is 27.3 Å². The Kier molecular flexibility index (Phi) is 8.69. The fourth-order valence-electron chi connectivity index (χ4n) is 3.41. The third-order valence-electron chi connectivity index (χ3n) is 4.62. The summed E-state index contributed by atoms with van der Waals surface area (Å²) in [5, 5.41) is 6.53. The highest BCUT2D eigenvalue weighted by atomic mass is 35.5. The van der Waals surface area contributed by atoms with Gasteiger partial charge in [0.2, 0.25) is 0 Å². The third-order valence-corrected chi connectivity index (χ3v) is 4.62. The van der Waals surface area contributed by atoms with Crippen molar-refractivity contribution in [1.82, 2.24) is 10.6 Å². The van der Waals surface area contributed by atoms with Gasteiger partial charge in [-0.1, -0.05) is 0 Å². The Morgan fingerprint density at radius 3 is 1.45 bits per heavy atom. The van der Waals surface area contributed by atoms with Crippen molar-refractivity contribution >= 4 is 36.8 Å². The van der Waals surface area contributed by atoms with Crippen molar-refractivity contribution in [3.63, 3.8) is 0 Å². The number of halogens is 2. The zero-order valence-electron chi connectivity index (χ0n) is 13.1. The first-order chi connectivity index (χ1) is 9.58. The molecule has 0 bridgehead atoms. The lowest BCUT2D eigenvalue weighted by Gasteiger charge is -2.32. The van der Waals surface area contributed by atoms with Crippen LogP contribution >= 0.6 is 24.8 Å². The van der Waals surface area contributed by atoms with E-state index in [0.29, 0.717) is 12.8 Å². The van der Waals surface area contributed by atoms with Gasteiger partial charge in [-0.05, 0) is 51.6 Å². The summed E-state index contributed by atoms with van der Waals surface area (Å²) in [6.07, 6.45) is 4.60. The number of rotatable bonds is 5. The van der Waals surface area contributed by atoms with Crippen LogP contribution in [0.25, 0.3) is 0 Å². The molecule has 0 radical (unpaired) electrons. The van der Waals surface area contributed by atoms with E-state index in [1.165, 1.54) is 14.2 Å². The van der Waals surface area contributed by atoms with Crippen molar-refractivity contribution in [1.29, 1.82) is 0 Å². The summed E-state index contributed by atoms with van der Waals surface area (Å²) in [5.41, 5.74) is -1.28. The molecule has 22 heavy (non-hydrogen) atoms. The predicted octanol–water partition coefficient (Wildman–Crippen LogP) is 1.20. The van der Waals surface area contributed by atoms with E-state index in [4.69, 9.17) is 9.47 Å². The van der Waals surface area contributed by atoms with Gasteiger partial charge in [0, 0.05) is 0 Å². The molecule has 6 nitrogen and oxygen atoms in total. The quantitative estimate of drug-likeness (QED) is 0.720. The Balaban J connectivity index is 0.00000220. The molecular weight excluding hydrogens is 331 g/mol. The lowest BCUT2D eigenvalue weighted by Crippen LogP contribution is -2.53. The smallest absolute Gasteiger partial charge is 0.326 e. The average molecular weight is 357 g/mol. The lowest BCUT2D eigenvalue weighted by molar-refractivity contribution is -0.151. The largest absolute Gasteiger partial charge is 0.468 e. The standard InChI is InChI=1S/C14H24N2O4.2ClH/c1-19-11(17)13(5-3-9-15-13)7-8-14(12(18)20-2)6-4-10-16-14;;/h15-16H,3-10H2,1-2H3;2*1H/t13-,14-;;/m1../s1. The van der Waals surface area contributed by atoms with Gasteiger partial charge in [-0.25, -0.2) is 0 Å². The van der Waals surface area contributed by atoms with Gasteiger partial charge in [-0.15, -0.1) is 24.8 Å². The zero-order valence-corrected chi connectivity index (χ0v) is 14.7. The monoisotopic (exact) mass is 356 g/mol. The van der Waals surface area contributed by atoms with Crippen molar-refractivity contribution < 1.29 is 19.1 Å². The third kappa shape index (κ3) is 4.04. The van der Waals surface area contributed by atoms with E-state index in [1.807, 2.05) is 0 Å². The number of carbonyl (C=O) groups excluding carboxylic acids is 2. The summed E-state index contributed by atoms with van der Waals surface area (Å²) < 4.78 is 9.87. The number of esters is 2. The van der Waals surface area contributed by atoms with E-state index in [-0.39, 0.29) is 36.8 Å². The van der Waals surface area contributed by atoms with Crippen LogP contribution in [0.15, 0.2) is 0 Å². The zero-order chi connectivity index (χ0) is 14.6. The van der Waals surface area contributed by atoms with Crippen LogP contribution < -0.4 is 10.6 Å². The van der Waals surface area contributed by atoms with Crippen molar-refractivity contribution in [2.45, 2.75) is 49.6 Å². The van der Waals surface area contributed by atoms with Crippen LogP contribution in [0.4, 0.5) is 0 Å². The highest BCUT2D eigenvalue weighted by molar-refractivity contribution is 5.85. The number of nitrogens with one attached hydrogen (secondary N) is 2. The van der Waals surface area contributed by atoms with E-state index in [2.05, 4.69) is 10.6 Å². The molecule has 2 heterocycles. The molecule has 0 spiro atoms. The summed E-state index contributed by atoms with van der Waals surface area (Å²) in [6.45, 7) is 1.63. The highest BCUT2D eigenvalue weighted by Gasteiger charge is 2.47. The second-order valence-corrected chi connectivity index (χ2v) is 5.71. The molecule has 8 heteroatoms. The minimum absolute atomic E-state index is 0. The van der Waals surface area contributed by atoms with Gasteiger partial charge in [-0.2, -0.15) is 0 Å². The van der Waals surface area contributed by atoms with Crippen molar-refractivity contribution in [2.24, 2.45) is 0 Å². The van der Waals surface area contributed by atoms with Crippen molar-refractivity contribution in [3.8, 4) is 0 Å². The molecular formula is C14H26Cl2N2O4. The first-order valence-electron chi connectivity index (χ1n) is 7.25. The van der Waals surface area contributed by atoms with Gasteiger partial charge < -0.3 is 20.1 Å². The van der Waals surface area contributed by atoms with Gasteiger partial charge in [0.1, 0.15) is 11.1 Å². The number of hydrogen-bond acceptors (Lipinski definition) is 6. The fourth-order valence-corrected chi connectivity index (χ4v) is 3.41. The number of carbonyl (C=O) groups is 2. The van der Waals surface area contributed by atoms with Gasteiger partial charge in [0.15, 0.2) is 0 Å². The molecule has 2 N–H and O–H groups in total. The Morgan fingerprint density at radius 2 is 1.23 bits per heavy atom. The predicted molar refractivity (Wildman–Crippen MR) is 87.7 cm³/mol. The molecule has 2 fully saturated rings. The highest BCUT2D eigenvalue weighted by Crippen LogP contribution is 2.33. The average Bonchev–Trinajstić information content (AvgIpc) is 3.14. The molecule has 130 valence electrons. The maximum Gasteiger partial charge on any atom is 0.326 e. The van der Waals surface area contributed by atoms with Crippen LogP contribution in [0.2, 0.25) is 0 Å². The van der Waals surface area contributed by atoms with Crippen LogP contribution in [0.3, 0.4) is 0 Å². The Hall–Kier alpha value is -0.560. The number of ether oxygens (including phenoxy) is 2. The van der Waals surface area contributed by atoms with Crippen LogP contribution in [-0.2, 0) is 19.1 Å². The molecule has 2 atom stereocenters. The molecule has 0 aromatic heterocycles. The van der Waals surface area contributed by atoms with Gasteiger partial charge in [-0.3, -0.25) is 9.59 Å². The normalized spacial score (nSPS) is 30.1. The fraction of sp³-hybridized carbons (Fsp3) is 0.857. The molecule has 0 aromatic carbocycles. The maximum atomic E-state index is 12.1. The van der Waals surface area contributed by atoms with E-state index >= 15 is 0 Å². The Bertz CT molecular complexity index is 345. The van der Waals surface area contributed by atoms with E-state index in [0.717, 1.165) is 38.8 Å². The van der Waals surface area contributed by atoms with Crippen LogP contribution in [0, 0.1) is 0 Å². The maximum absolute atomic E-state index is 12.1. The first kappa shape index (κ1) is 21.4. The molecule has 2 saturated heterocycles. The van der Waals surface area contributed by atoms with E-state index in [9.17, 15) is 9.59 Å². The number of hydrogen-bond donors (Lipinski definition) is 2. The van der Waals surface area contributed by atoms with Crippen molar-refractivity contribution in [3.05, 3.63) is 0 Å². The van der Waals surface area contributed by atoms with Crippen LogP contribution in [0.5, 0.6) is 0 Å². The summed E-state index contributed by atoms with van der Waals surface area (Å²) in [6, 6.07) is 0. The minimum atomic E-state index is -0.639. The summed E-state index contributed by atoms with van der Waals surface area (Å²) in [7, 11) is 2.82. The summed E-state index contributed by atoms with van der Waals surface area (Å²) >= 11 is 0. The lowest BCUT2D eigenvalue weighted by atomic mass is 9.83. The molecule has 0 amide bonds. The molecule has 0 aromatic rings. The van der Waals surface area contributed by atoms with E-state index in [1.54, 1.807) is 0 Å². The van der Waals surface area contributed by atoms with Gasteiger partial charge in [0.05, 0.1) is 14.2 Å². The molecule has 0 saturated carbocycles. The van der Waals surface area contributed by atoms with Gasteiger partial charge >= 0.3 is 11.9 Å². The number of methoxy groups -OCH3 is 2. The molecule has 2 aliphatic rings. The summed E-state index contributed by atoms with van der Waals surface area (Å²) in [4.78, 5) is 24.1. The second-order valence-electron chi connectivity index (χ2n) is 5.71. The van der Waals surface area contributed by atoms with Crippen LogP contribution in [-0.4, -0.2) is 50.3 Å². The molecule has 2 aliphatic heterocycles.